The van der Waals surface area contributed by atoms with E-state index < -0.39 is 0 Å². The lowest BCUT2D eigenvalue weighted by Crippen LogP contribution is -1.98. The molecule has 1 aromatic carbocycles. The van der Waals surface area contributed by atoms with Crippen LogP contribution in [0, 0.1) is 5.82 Å². The highest BCUT2D eigenvalue weighted by Crippen LogP contribution is 2.17. The number of rotatable bonds is 3. The topological polar surface area (TPSA) is 40.7 Å². The van der Waals surface area contributed by atoms with Gasteiger partial charge in [-0.25, -0.2) is 4.39 Å². The molecule has 5 heteroatoms. The quantitative estimate of drug-likeness (QED) is 0.900. The average Bonchev–Trinajstić information content (AvgIpc) is 2.73. The summed E-state index contributed by atoms with van der Waals surface area (Å²) in [6.07, 6.45) is 3.42. The van der Waals surface area contributed by atoms with Crippen molar-refractivity contribution >= 4 is 21.6 Å². The van der Waals surface area contributed by atoms with E-state index in [1.54, 1.807) is 18.5 Å². The van der Waals surface area contributed by atoms with E-state index >= 15 is 0 Å². The molecule has 2 N–H and O–H groups in total. The van der Waals surface area contributed by atoms with Crippen LogP contribution in [-0.4, -0.2) is 10.2 Å². The molecular formula is C10H9BrFN3. The van der Waals surface area contributed by atoms with Crippen molar-refractivity contribution < 1.29 is 4.39 Å². The lowest BCUT2D eigenvalue weighted by molar-refractivity contribution is 0.619. The summed E-state index contributed by atoms with van der Waals surface area (Å²) < 4.78 is 13.6. The molecule has 0 aliphatic heterocycles. The number of halogens is 2. The van der Waals surface area contributed by atoms with Gasteiger partial charge in [-0.05, 0) is 33.6 Å². The second-order valence-electron chi connectivity index (χ2n) is 3.09. The van der Waals surface area contributed by atoms with Gasteiger partial charge in [0, 0.05) is 12.7 Å². The average molecular weight is 270 g/mol. The Bertz CT molecular complexity index is 442. The molecule has 2 rings (SSSR count). The van der Waals surface area contributed by atoms with Crippen LogP contribution >= 0.6 is 15.9 Å². The van der Waals surface area contributed by atoms with Crippen molar-refractivity contribution in [2.45, 2.75) is 6.54 Å². The Morgan fingerprint density at radius 2 is 2.33 bits per heavy atom. The van der Waals surface area contributed by atoms with Gasteiger partial charge in [-0.15, -0.1) is 0 Å². The third kappa shape index (κ3) is 2.56. The summed E-state index contributed by atoms with van der Waals surface area (Å²) >= 11 is 3.11. The van der Waals surface area contributed by atoms with E-state index in [2.05, 4.69) is 31.4 Å². The van der Waals surface area contributed by atoms with Gasteiger partial charge in [-0.3, -0.25) is 5.10 Å². The fourth-order valence-electron chi connectivity index (χ4n) is 1.20. The third-order valence-electron chi connectivity index (χ3n) is 1.98. The molecule has 0 fully saturated rings. The molecule has 0 bridgehead atoms. The van der Waals surface area contributed by atoms with Gasteiger partial charge in [0.15, 0.2) is 0 Å². The molecule has 0 spiro atoms. The molecule has 0 aliphatic carbocycles. The first kappa shape index (κ1) is 10.2. The Balaban J connectivity index is 2.02. The SMILES string of the molecule is Fc1cc(CNc2cn[nH]c2)ccc1Br. The molecule has 78 valence electrons. The van der Waals surface area contributed by atoms with Gasteiger partial charge in [0.05, 0.1) is 16.4 Å². The van der Waals surface area contributed by atoms with Crippen LogP contribution in [0.4, 0.5) is 10.1 Å². The monoisotopic (exact) mass is 269 g/mol. The summed E-state index contributed by atoms with van der Waals surface area (Å²) in [4.78, 5) is 0. The summed E-state index contributed by atoms with van der Waals surface area (Å²) in [5.74, 6) is -0.249. The zero-order valence-corrected chi connectivity index (χ0v) is 9.38. The van der Waals surface area contributed by atoms with Crippen LogP contribution in [0.15, 0.2) is 35.1 Å². The Hall–Kier alpha value is -1.36. The molecule has 1 aromatic heterocycles. The molecule has 1 heterocycles. The van der Waals surface area contributed by atoms with Crippen LogP contribution in [0.2, 0.25) is 0 Å². The molecule has 0 amide bonds. The number of anilines is 1. The number of hydrogen-bond donors (Lipinski definition) is 2. The highest BCUT2D eigenvalue weighted by atomic mass is 79.9. The zero-order valence-electron chi connectivity index (χ0n) is 7.80. The second kappa shape index (κ2) is 4.44. The number of aromatic amines is 1. The minimum Gasteiger partial charge on any atom is -0.378 e. The van der Waals surface area contributed by atoms with E-state index in [9.17, 15) is 4.39 Å². The van der Waals surface area contributed by atoms with Crippen molar-refractivity contribution in [1.82, 2.24) is 10.2 Å². The summed E-state index contributed by atoms with van der Waals surface area (Å²) in [5, 5.41) is 9.60. The van der Waals surface area contributed by atoms with Crippen LogP contribution in [-0.2, 0) is 6.54 Å². The van der Waals surface area contributed by atoms with Gasteiger partial charge >= 0.3 is 0 Å². The maximum absolute atomic E-state index is 13.2. The van der Waals surface area contributed by atoms with Gasteiger partial charge < -0.3 is 5.32 Å². The Labute approximate surface area is 94.8 Å². The van der Waals surface area contributed by atoms with Crippen molar-refractivity contribution in [3.05, 3.63) is 46.4 Å². The van der Waals surface area contributed by atoms with Gasteiger partial charge in [0.1, 0.15) is 5.82 Å². The number of nitrogens with zero attached hydrogens (tertiary/aromatic N) is 1. The van der Waals surface area contributed by atoms with E-state index in [1.807, 2.05) is 6.07 Å². The molecular weight excluding hydrogens is 261 g/mol. The van der Waals surface area contributed by atoms with Crippen molar-refractivity contribution in [3.8, 4) is 0 Å². The highest BCUT2D eigenvalue weighted by Gasteiger charge is 2.00. The van der Waals surface area contributed by atoms with Crippen LogP contribution < -0.4 is 5.32 Å². The molecule has 2 aromatic rings. The second-order valence-corrected chi connectivity index (χ2v) is 3.94. The zero-order chi connectivity index (χ0) is 10.7. The summed E-state index contributed by atoms with van der Waals surface area (Å²) in [7, 11) is 0. The summed E-state index contributed by atoms with van der Waals surface area (Å²) in [5.41, 5.74) is 1.77. The standard InChI is InChI=1S/C10H9BrFN3/c11-9-2-1-7(3-10(9)12)4-13-8-5-14-15-6-8/h1-3,5-6,13H,4H2,(H,14,15). The summed E-state index contributed by atoms with van der Waals surface area (Å²) in [6, 6.07) is 5.05. The fourth-order valence-corrected chi connectivity index (χ4v) is 1.45. The summed E-state index contributed by atoms with van der Waals surface area (Å²) in [6.45, 7) is 0.573. The van der Waals surface area contributed by atoms with Gasteiger partial charge in [-0.1, -0.05) is 6.07 Å². The number of hydrogen-bond acceptors (Lipinski definition) is 2. The predicted octanol–water partition coefficient (Wildman–Crippen LogP) is 2.92. The van der Waals surface area contributed by atoms with Crippen LogP contribution in [0.5, 0.6) is 0 Å². The molecule has 0 aliphatic rings. The fraction of sp³-hybridized carbons (Fsp3) is 0.100. The molecule has 0 saturated heterocycles. The smallest absolute Gasteiger partial charge is 0.137 e. The minimum absolute atomic E-state index is 0.249. The molecule has 0 unspecified atom stereocenters. The van der Waals surface area contributed by atoms with Gasteiger partial charge in [0.2, 0.25) is 0 Å². The first-order valence-corrected chi connectivity index (χ1v) is 5.21. The molecule has 0 saturated carbocycles. The van der Waals surface area contributed by atoms with Crippen LogP contribution in [0.3, 0.4) is 0 Å². The lowest BCUT2D eigenvalue weighted by Gasteiger charge is -2.04. The normalized spacial score (nSPS) is 10.3. The number of benzene rings is 1. The first-order valence-electron chi connectivity index (χ1n) is 4.42. The van der Waals surface area contributed by atoms with Crippen molar-refractivity contribution in [2.75, 3.05) is 5.32 Å². The van der Waals surface area contributed by atoms with Crippen LogP contribution in [0.25, 0.3) is 0 Å². The predicted molar refractivity (Wildman–Crippen MR) is 60.0 cm³/mol. The van der Waals surface area contributed by atoms with Crippen molar-refractivity contribution in [3.63, 3.8) is 0 Å². The Morgan fingerprint density at radius 3 is 3.00 bits per heavy atom. The first-order chi connectivity index (χ1) is 7.25. The van der Waals surface area contributed by atoms with E-state index in [4.69, 9.17) is 0 Å². The largest absolute Gasteiger partial charge is 0.378 e. The number of H-pyrrole nitrogens is 1. The molecule has 3 nitrogen and oxygen atoms in total. The van der Waals surface area contributed by atoms with Crippen molar-refractivity contribution in [1.29, 1.82) is 0 Å². The number of nitrogens with one attached hydrogen (secondary N) is 2. The Morgan fingerprint density at radius 1 is 1.47 bits per heavy atom. The van der Waals surface area contributed by atoms with E-state index in [-0.39, 0.29) is 5.82 Å². The van der Waals surface area contributed by atoms with Gasteiger partial charge in [0.25, 0.3) is 0 Å². The van der Waals surface area contributed by atoms with Gasteiger partial charge in [-0.2, -0.15) is 5.10 Å². The van der Waals surface area contributed by atoms with Crippen LogP contribution in [0.1, 0.15) is 5.56 Å². The van der Waals surface area contributed by atoms with Crippen molar-refractivity contribution in [2.24, 2.45) is 0 Å². The number of aromatic nitrogens is 2. The van der Waals surface area contributed by atoms with E-state index in [1.165, 1.54) is 6.07 Å². The highest BCUT2D eigenvalue weighted by molar-refractivity contribution is 9.10. The third-order valence-corrected chi connectivity index (χ3v) is 2.62. The molecule has 0 atom stereocenters. The van der Waals surface area contributed by atoms with E-state index in [0.29, 0.717) is 11.0 Å². The minimum atomic E-state index is -0.249. The lowest BCUT2D eigenvalue weighted by atomic mass is 10.2. The maximum atomic E-state index is 13.2. The molecule has 0 radical (unpaired) electrons. The molecule has 15 heavy (non-hydrogen) atoms. The maximum Gasteiger partial charge on any atom is 0.137 e. The Kier molecular flexibility index (Phi) is 3.01. The van der Waals surface area contributed by atoms with E-state index in [0.717, 1.165) is 11.3 Å².